The summed E-state index contributed by atoms with van der Waals surface area (Å²) < 4.78 is 2.20. The predicted molar refractivity (Wildman–Crippen MR) is 86.7 cm³/mol. The van der Waals surface area contributed by atoms with Crippen molar-refractivity contribution in [2.45, 2.75) is 53.0 Å². The van der Waals surface area contributed by atoms with Gasteiger partial charge in [-0.1, -0.05) is 0 Å². The SMILES string of the molecule is Cc1cc(C(=O)N2CCC(CC(N)=O)CC2)c(C)n1C(C)C. The Bertz CT molecular complexity index is 567. The fourth-order valence-corrected chi connectivity index (χ4v) is 3.58. The van der Waals surface area contributed by atoms with Gasteiger partial charge in [-0.25, -0.2) is 0 Å². The zero-order valence-electron chi connectivity index (χ0n) is 14.1. The van der Waals surface area contributed by atoms with E-state index in [0.717, 1.165) is 29.8 Å². The Morgan fingerprint density at radius 2 is 1.86 bits per heavy atom. The topological polar surface area (TPSA) is 68.3 Å². The standard InChI is InChI=1S/C17H27N3O2/c1-11(2)20-12(3)9-15(13(20)4)17(22)19-7-5-14(6-8-19)10-16(18)21/h9,11,14H,5-8,10H2,1-4H3,(H2,18,21). The summed E-state index contributed by atoms with van der Waals surface area (Å²) in [4.78, 5) is 25.7. The number of rotatable bonds is 4. The first kappa shape index (κ1) is 16.6. The molecule has 122 valence electrons. The van der Waals surface area contributed by atoms with E-state index in [9.17, 15) is 9.59 Å². The molecule has 0 saturated carbocycles. The third-order valence-electron chi connectivity index (χ3n) is 4.62. The van der Waals surface area contributed by atoms with Gasteiger partial charge < -0.3 is 15.2 Å². The van der Waals surface area contributed by atoms with Crippen LogP contribution in [0, 0.1) is 19.8 Å². The predicted octanol–water partition coefficient (Wildman–Crippen LogP) is 2.41. The van der Waals surface area contributed by atoms with Gasteiger partial charge in [-0.2, -0.15) is 0 Å². The van der Waals surface area contributed by atoms with Crippen molar-refractivity contribution in [3.05, 3.63) is 23.0 Å². The van der Waals surface area contributed by atoms with Crippen LogP contribution in [0.3, 0.4) is 0 Å². The van der Waals surface area contributed by atoms with Crippen LogP contribution in [0.15, 0.2) is 6.07 Å². The summed E-state index contributed by atoms with van der Waals surface area (Å²) in [5.74, 6) is 0.187. The molecule has 1 aromatic rings. The molecule has 1 aromatic heterocycles. The molecule has 0 spiro atoms. The number of nitrogens with zero attached hydrogens (tertiary/aromatic N) is 2. The van der Waals surface area contributed by atoms with E-state index in [-0.39, 0.29) is 11.8 Å². The second-order valence-corrected chi connectivity index (χ2v) is 6.65. The number of primary amides is 1. The number of hydrogen-bond acceptors (Lipinski definition) is 2. The van der Waals surface area contributed by atoms with E-state index in [4.69, 9.17) is 5.73 Å². The smallest absolute Gasteiger partial charge is 0.255 e. The number of hydrogen-bond donors (Lipinski definition) is 1. The first-order valence-corrected chi connectivity index (χ1v) is 8.07. The van der Waals surface area contributed by atoms with E-state index in [1.54, 1.807) is 0 Å². The molecule has 0 radical (unpaired) electrons. The van der Waals surface area contributed by atoms with Gasteiger partial charge in [0.15, 0.2) is 0 Å². The molecule has 0 bridgehead atoms. The van der Waals surface area contributed by atoms with Gasteiger partial charge in [0.25, 0.3) is 5.91 Å². The number of aryl methyl sites for hydroxylation is 1. The second-order valence-electron chi connectivity index (χ2n) is 6.65. The highest BCUT2D eigenvalue weighted by Gasteiger charge is 2.27. The Hall–Kier alpha value is -1.78. The van der Waals surface area contributed by atoms with E-state index in [0.29, 0.717) is 31.5 Å². The van der Waals surface area contributed by atoms with Gasteiger partial charge in [-0.05, 0) is 52.5 Å². The monoisotopic (exact) mass is 305 g/mol. The van der Waals surface area contributed by atoms with Gasteiger partial charge in [-0.15, -0.1) is 0 Å². The molecule has 0 aliphatic carbocycles. The van der Waals surface area contributed by atoms with Crippen LogP contribution in [-0.4, -0.2) is 34.4 Å². The quantitative estimate of drug-likeness (QED) is 0.928. The molecule has 2 heterocycles. The molecule has 2 N–H and O–H groups in total. The molecule has 5 heteroatoms. The Morgan fingerprint density at radius 3 is 2.32 bits per heavy atom. The number of piperidine rings is 1. The third-order valence-corrected chi connectivity index (χ3v) is 4.62. The Kier molecular flexibility index (Phi) is 4.94. The summed E-state index contributed by atoms with van der Waals surface area (Å²) >= 11 is 0. The molecule has 2 rings (SSSR count). The molecule has 0 aromatic carbocycles. The number of amides is 2. The molecular weight excluding hydrogens is 278 g/mol. The summed E-state index contributed by atoms with van der Waals surface area (Å²) in [6, 6.07) is 2.34. The van der Waals surface area contributed by atoms with E-state index in [2.05, 4.69) is 18.4 Å². The molecule has 1 saturated heterocycles. The first-order valence-electron chi connectivity index (χ1n) is 8.07. The third kappa shape index (κ3) is 3.34. The molecular formula is C17H27N3O2. The van der Waals surface area contributed by atoms with Crippen molar-refractivity contribution < 1.29 is 9.59 Å². The van der Waals surface area contributed by atoms with E-state index >= 15 is 0 Å². The number of nitrogens with two attached hydrogens (primary N) is 1. The maximum atomic E-state index is 12.8. The lowest BCUT2D eigenvalue weighted by Gasteiger charge is -2.31. The molecule has 5 nitrogen and oxygen atoms in total. The molecule has 1 aliphatic heterocycles. The van der Waals surface area contributed by atoms with E-state index in [1.807, 2.05) is 24.8 Å². The van der Waals surface area contributed by atoms with Crippen LogP contribution in [0.5, 0.6) is 0 Å². The van der Waals surface area contributed by atoms with E-state index < -0.39 is 0 Å². The van der Waals surface area contributed by atoms with E-state index in [1.165, 1.54) is 0 Å². The van der Waals surface area contributed by atoms with Gasteiger partial charge in [0.1, 0.15) is 0 Å². The minimum atomic E-state index is -0.245. The van der Waals surface area contributed by atoms with Crippen LogP contribution >= 0.6 is 0 Å². The van der Waals surface area contributed by atoms with Gasteiger partial charge >= 0.3 is 0 Å². The largest absolute Gasteiger partial charge is 0.370 e. The van der Waals surface area contributed by atoms with Crippen molar-refractivity contribution in [3.63, 3.8) is 0 Å². The fraction of sp³-hybridized carbons (Fsp3) is 0.647. The van der Waals surface area contributed by atoms with Crippen molar-refractivity contribution in [2.75, 3.05) is 13.1 Å². The lowest BCUT2D eigenvalue weighted by atomic mass is 9.93. The number of aromatic nitrogens is 1. The zero-order valence-corrected chi connectivity index (χ0v) is 14.1. The van der Waals surface area contributed by atoms with Crippen LogP contribution in [0.2, 0.25) is 0 Å². The van der Waals surface area contributed by atoms with Crippen LogP contribution < -0.4 is 5.73 Å². The molecule has 0 unspecified atom stereocenters. The maximum Gasteiger partial charge on any atom is 0.255 e. The van der Waals surface area contributed by atoms with Crippen LogP contribution in [0.4, 0.5) is 0 Å². The lowest BCUT2D eigenvalue weighted by Crippen LogP contribution is -2.39. The van der Waals surface area contributed by atoms with Gasteiger partial charge in [0, 0.05) is 36.9 Å². The Morgan fingerprint density at radius 1 is 1.27 bits per heavy atom. The Labute approximate surface area is 132 Å². The highest BCUT2D eigenvalue weighted by Crippen LogP contribution is 2.25. The Balaban J connectivity index is 2.08. The summed E-state index contributed by atoms with van der Waals surface area (Å²) in [6.07, 6.45) is 2.15. The number of carbonyl (C=O) groups excluding carboxylic acids is 2. The highest BCUT2D eigenvalue weighted by atomic mass is 16.2. The zero-order chi connectivity index (χ0) is 16.4. The summed E-state index contributed by atoms with van der Waals surface area (Å²) in [7, 11) is 0. The summed E-state index contributed by atoms with van der Waals surface area (Å²) in [5, 5.41) is 0. The minimum absolute atomic E-state index is 0.109. The molecule has 0 atom stereocenters. The van der Waals surface area contributed by atoms with Crippen LogP contribution in [0.1, 0.15) is 60.9 Å². The van der Waals surface area contributed by atoms with Gasteiger partial charge in [0.2, 0.25) is 5.91 Å². The van der Waals surface area contributed by atoms with Crippen LogP contribution in [-0.2, 0) is 4.79 Å². The highest BCUT2D eigenvalue weighted by molar-refractivity contribution is 5.95. The fourth-order valence-electron chi connectivity index (χ4n) is 3.58. The lowest BCUT2D eigenvalue weighted by molar-refractivity contribution is -0.119. The average molecular weight is 305 g/mol. The molecule has 22 heavy (non-hydrogen) atoms. The number of carbonyl (C=O) groups is 2. The van der Waals surface area contributed by atoms with Crippen molar-refractivity contribution >= 4 is 11.8 Å². The summed E-state index contributed by atoms with van der Waals surface area (Å²) in [5.41, 5.74) is 8.22. The van der Waals surface area contributed by atoms with Crippen molar-refractivity contribution in [2.24, 2.45) is 11.7 Å². The van der Waals surface area contributed by atoms with Gasteiger partial charge in [-0.3, -0.25) is 9.59 Å². The minimum Gasteiger partial charge on any atom is -0.370 e. The normalized spacial score (nSPS) is 16.3. The van der Waals surface area contributed by atoms with Crippen molar-refractivity contribution in [3.8, 4) is 0 Å². The summed E-state index contributed by atoms with van der Waals surface area (Å²) in [6.45, 7) is 9.74. The average Bonchev–Trinajstić information content (AvgIpc) is 2.73. The second kappa shape index (κ2) is 6.55. The molecule has 2 amide bonds. The van der Waals surface area contributed by atoms with Crippen molar-refractivity contribution in [1.82, 2.24) is 9.47 Å². The molecule has 1 aliphatic rings. The molecule has 1 fully saturated rings. The van der Waals surface area contributed by atoms with Crippen molar-refractivity contribution in [1.29, 1.82) is 0 Å². The first-order chi connectivity index (χ1) is 10.3. The number of likely N-dealkylation sites (tertiary alicyclic amines) is 1. The van der Waals surface area contributed by atoms with Gasteiger partial charge in [0.05, 0.1) is 5.56 Å². The van der Waals surface area contributed by atoms with Crippen LogP contribution in [0.25, 0.3) is 0 Å². The maximum absolute atomic E-state index is 12.8.